The molecule has 0 aliphatic rings. The predicted molar refractivity (Wildman–Crippen MR) is 82.4 cm³/mol. The van der Waals surface area contributed by atoms with Gasteiger partial charge in [-0.15, -0.1) is 16.9 Å². The van der Waals surface area contributed by atoms with E-state index in [-0.39, 0.29) is 5.91 Å². The smallest absolute Gasteiger partial charge is 0.253 e. The first kappa shape index (κ1) is 13.7. The van der Waals surface area contributed by atoms with E-state index < -0.39 is 0 Å². The Bertz CT molecular complexity index is 750. The van der Waals surface area contributed by atoms with Gasteiger partial charge < -0.3 is 9.88 Å². The number of rotatable bonds is 5. The number of aromatic nitrogens is 4. The molecule has 0 aliphatic carbocycles. The van der Waals surface area contributed by atoms with E-state index in [4.69, 9.17) is 0 Å². The van der Waals surface area contributed by atoms with Gasteiger partial charge in [-0.3, -0.25) is 4.79 Å². The third-order valence-electron chi connectivity index (χ3n) is 3.17. The van der Waals surface area contributed by atoms with Gasteiger partial charge in [-0.05, 0) is 6.07 Å². The molecule has 0 radical (unpaired) electrons. The number of thioether (sulfide) groups is 1. The summed E-state index contributed by atoms with van der Waals surface area (Å²) in [7, 11) is 1.94. The van der Waals surface area contributed by atoms with Crippen molar-refractivity contribution in [1.82, 2.24) is 25.3 Å². The van der Waals surface area contributed by atoms with Crippen molar-refractivity contribution in [2.24, 2.45) is 7.05 Å². The molecule has 0 aliphatic heterocycles. The highest BCUT2D eigenvalue weighted by Crippen LogP contribution is 2.20. The van der Waals surface area contributed by atoms with Crippen molar-refractivity contribution in [3.05, 3.63) is 42.2 Å². The molecule has 2 aromatic heterocycles. The standard InChI is InChI=1S/C14H15N5OS/c1-19-9-11(10-4-2-3-5-12(10)19)14(20)15-6-7-21-13-8-16-18-17-13/h2-5,8-9H,6-7H2,1H3,(H,15,20)(H,16,17,18). The number of para-hydroxylation sites is 1. The number of aromatic amines is 1. The highest BCUT2D eigenvalue weighted by atomic mass is 32.2. The predicted octanol–water partition coefficient (Wildman–Crippen LogP) is 1.82. The maximum Gasteiger partial charge on any atom is 0.253 e. The Labute approximate surface area is 125 Å². The summed E-state index contributed by atoms with van der Waals surface area (Å²) in [5.74, 6) is 0.704. The topological polar surface area (TPSA) is 75.6 Å². The van der Waals surface area contributed by atoms with E-state index in [2.05, 4.69) is 20.7 Å². The second kappa shape index (κ2) is 6.01. The summed E-state index contributed by atoms with van der Waals surface area (Å²) < 4.78 is 1.97. The number of aryl methyl sites for hydroxylation is 1. The van der Waals surface area contributed by atoms with E-state index >= 15 is 0 Å². The van der Waals surface area contributed by atoms with Gasteiger partial charge >= 0.3 is 0 Å². The van der Waals surface area contributed by atoms with Crippen LogP contribution in [0.3, 0.4) is 0 Å². The Morgan fingerprint density at radius 2 is 2.29 bits per heavy atom. The molecule has 0 spiro atoms. The van der Waals surface area contributed by atoms with E-state index in [1.807, 2.05) is 42.1 Å². The maximum atomic E-state index is 12.3. The molecular weight excluding hydrogens is 286 g/mol. The van der Waals surface area contributed by atoms with Crippen LogP contribution in [-0.4, -0.2) is 38.2 Å². The minimum Gasteiger partial charge on any atom is -0.351 e. The van der Waals surface area contributed by atoms with E-state index in [0.29, 0.717) is 12.1 Å². The molecular formula is C14H15N5OS. The number of nitrogens with zero attached hydrogens (tertiary/aromatic N) is 3. The summed E-state index contributed by atoms with van der Waals surface area (Å²) in [5.41, 5.74) is 1.76. The molecule has 108 valence electrons. The maximum absolute atomic E-state index is 12.3. The normalized spacial score (nSPS) is 10.9. The molecule has 0 unspecified atom stereocenters. The van der Waals surface area contributed by atoms with Gasteiger partial charge in [0.1, 0.15) is 5.03 Å². The van der Waals surface area contributed by atoms with Crippen LogP contribution in [0, 0.1) is 0 Å². The Hall–Kier alpha value is -2.28. The Balaban J connectivity index is 1.62. The number of nitrogens with one attached hydrogen (secondary N) is 2. The van der Waals surface area contributed by atoms with E-state index in [9.17, 15) is 4.79 Å². The van der Waals surface area contributed by atoms with Crippen LogP contribution in [0.25, 0.3) is 10.9 Å². The number of fused-ring (bicyclic) bond motifs is 1. The Morgan fingerprint density at radius 1 is 1.43 bits per heavy atom. The molecule has 0 saturated carbocycles. The van der Waals surface area contributed by atoms with Crippen LogP contribution in [0.5, 0.6) is 0 Å². The van der Waals surface area contributed by atoms with Gasteiger partial charge in [0.2, 0.25) is 0 Å². The molecule has 3 aromatic rings. The summed E-state index contributed by atoms with van der Waals surface area (Å²) in [6.45, 7) is 0.583. The Morgan fingerprint density at radius 3 is 3.10 bits per heavy atom. The molecule has 1 amide bonds. The summed E-state index contributed by atoms with van der Waals surface area (Å²) in [6, 6.07) is 7.89. The van der Waals surface area contributed by atoms with Gasteiger partial charge in [0.25, 0.3) is 5.91 Å². The molecule has 0 fully saturated rings. The van der Waals surface area contributed by atoms with Gasteiger partial charge in [-0.25, -0.2) is 0 Å². The van der Waals surface area contributed by atoms with Gasteiger partial charge in [0.05, 0.1) is 11.8 Å². The SMILES string of the molecule is Cn1cc(C(=O)NCCSc2cn[nH]n2)c2ccccc21. The lowest BCUT2D eigenvalue weighted by Crippen LogP contribution is -2.25. The van der Waals surface area contributed by atoms with Crippen molar-refractivity contribution in [2.75, 3.05) is 12.3 Å². The van der Waals surface area contributed by atoms with Crippen molar-refractivity contribution in [1.29, 1.82) is 0 Å². The third-order valence-corrected chi connectivity index (χ3v) is 4.07. The average molecular weight is 301 g/mol. The van der Waals surface area contributed by atoms with Gasteiger partial charge in [0, 0.05) is 36.4 Å². The second-order valence-electron chi connectivity index (χ2n) is 4.58. The molecule has 0 atom stereocenters. The molecule has 1 aromatic carbocycles. The number of hydrogen-bond acceptors (Lipinski definition) is 4. The quantitative estimate of drug-likeness (QED) is 0.557. The van der Waals surface area contributed by atoms with Crippen LogP contribution in [0.4, 0.5) is 0 Å². The monoisotopic (exact) mass is 301 g/mol. The largest absolute Gasteiger partial charge is 0.351 e. The van der Waals surface area contributed by atoms with Crippen molar-refractivity contribution < 1.29 is 4.79 Å². The lowest BCUT2D eigenvalue weighted by molar-refractivity contribution is 0.0957. The van der Waals surface area contributed by atoms with E-state index in [1.165, 1.54) is 0 Å². The van der Waals surface area contributed by atoms with Crippen molar-refractivity contribution in [2.45, 2.75) is 5.03 Å². The lowest BCUT2D eigenvalue weighted by Gasteiger charge is -2.03. The van der Waals surface area contributed by atoms with Crippen LogP contribution in [-0.2, 0) is 7.05 Å². The fraction of sp³-hybridized carbons (Fsp3) is 0.214. The van der Waals surface area contributed by atoms with Gasteiger partial charge in [-0.2, -0.15) is 10.3 Å². The molecule has 7 heteroatoms. The number of amides is 1. The lowest BCUT2D eigenvalue weighted by atomic mass is 10.1. The van der Waals surface area contributed by atoms with Gasteiger partial charge in [0.15, 0.2) is 0 Å². The zero-order valence-electron chi connectivity index (χ0n) is 11.5. The second-order valence-corrected chi connectivity index (χ2v) is 5.70. The first-order valence-electron chi connectivity index (χ1n) is 6.56. The van der Waals surface area contributed by atoms with Crippen LogP contribution in [0.1, 0.15) is 10.4 Å². The van der Waals surface area contributed by atoms with Crippen molar-refractivity contribution in [3.63, 3.8) is 0 Å². The molecule has 0 saturated heterocycles. The molecule has 3 rings (SSSR count). The summed E-state index contributed by atoms with van der Waals surface area (Å²) in [4.78, 5) is 12.3. The molecule has 6 nitrogen and oxygen atoms in total. The minimum absolute atomic E-state index is 0.0486. The molecule has 21 heavy (non-hydrogen) atoms. The third kappa shape index (κ3) is 2.92. The zero-order chi connectivity index (χ0) is 14.7. The average Bonchev–Trinajstić information content (AvgIpc) is 3.12. The number of carbonyl (C=O) groups excluding carboxylic acids is 1. The first-order chi connectivity index (χ1) is 10.3. The summed E-state index contributed by atoms with van der Waals surface area (Å²) in [6.07, 6.45) is 3.53. The van der Waals surface area contributed by atoms with Crippen LogP contribution in [0.15, 0.2) is 41.7 Å². The number of hydrogen-bond donors (Lipinski definition) is 2. The Kier molecular flexibility index (Phi) is 3.92. The number of carbonyl (C=O) groups is 1. The van der Waals surface area contributed by atoms with E-state index in [1.54, 1.807) is 18.0 Å². The van der Waals surface area contributed by atoms with Crippen molar-refractivity contribution >= 4 is 28.6 Å². The van der Waals surface area contributed by atoms with Gasteiger partial charge in [-0.1, -0.05) is 18.2 Å². The number of H-pyrrole nitrogens is 1. The van der Waals surface area contributed by atoms with Crippen LogP contribution < -0.4 is 5.32 Å². The zero-order valence-corrected chi connectivity index (χ0v) is 12.4. The fourth-order valence-electron chi connectivity index (χ4n) is 2.20. The summed E-state index contributed by atoms with van der Waals surface area (Å²) in [5, 5.41) is 15.0. The summed E-state index contributed by atoms with van der Waals surface area (Å²) >= 11 is 1.55. The molecule has 2 N–H and O–H groups in total. The van der Waals surface area contributed by atoms with Crippen LogP contribution in [0.2, 0.25) is 0 Å². The fourth-order valence-corrected chi connectivity index (χ4v) is 2.84. The van der Waals surface area contributed by atoms with E-state index in [0.717, 1.165) is 21.7 Å². The molecule has 0 bridgehead atoms. The number of benzene rings is 1. The minimum atomic E-state index is -0.0486. The van der Waals surface area contributed by atoms with Crippen molar-refractivity contribution in [3.8, 4) is 0 Å². The highest BCUT2D eigenvalue weighted by molar-refractivity contribution is 7.99. The first-order valence-corrected chi connectivity index (χ1v) is 7.55. The molecule has 2 heterocycles. The van der Waals surface area contributed by atoms with Crippen LogP contribution >= 0.6 is 11.8 Å². The highest BCUT2D eigenvalue weighted by Gasteiger charge is 2.12.